The molecule has 3 aliphatic carbocycles. The van der Waals surface area contributed by atoms with Crippen molar-refractivity contribution in [2.24, 2.45) is 39.4 Å². The smallest absolute Gasteiger partial charge is 0.358 e. The van der Waals surface area contributed by atoms with E-state index in [4.69, 9.17) is 14.2 Å². The van der Waals surface area contributed by atoms with Crippen molar-refractivity contribution in [2.75, 3.05) is 7.11 Å². The van der Waals surface area contributed by atoms with Gasteiger partial charge >= 0.3 is 17.9 Å². The number of carbonyl (C=O) groups is 5. The quantitative estimate of drug-likeness (QED) is 0.231. The number of Topliss-reactive ketones (excluding diaryl/α,β-unsaturated/α-hetero) is 2. The molecule has 3 saturated carbocycles. The number of hydrogen-bond donors (Lipinski definition) is 2. The maximum Gasteiger partial charge on any atom is 0.358 e. The average molecular weight is 535 g/mol. The van der Waals surface area contributed by atoms with Crippen LogP contribution in [0.4, 0.5) is 0 Å². The number of carbonyl (C=O) groups excluding carboxylic acids is 5. The van der Waals surface area contributed by atoms with E-state index >= 15 is 0 Å². The van der Waals surface area contributed by atoms with Crippen molar-refractivity contribution in [3.63, 3.8) is 0 Å². The number of aliphatic hydroxyl groups excluding tert-OH is 2. The summed E-state index contributed by atoms with van der Waals surface area (Å²) in [5, 5.41) is 23.3. The zero-order chi connectivity index (χ0) is 29.0. The molecule has 0 bridgehead atoms. The van der Waals surface area contributed by atoms with Crippen LogP contribution in [0, 0.1) is 39.4 Å². The second kappa shape index (κ2) is 8.21. The molecule has 1 saturated heterocycles. The second-order valence-electron chi connectivity index (χ2n) is 12.9. The fourth-order valence-electron chi connectivity index (χ4n) is 8.85. The summed E-state index contributed by atoms with van der Waals surface area (Å²) in [4.78, 5) is 66.1. The van der Waals surface area contributed by atoms with Crippen molar-refractivity contribution < 1.29 is 48.4 Å². The monoisotopic (exact) mass is 534 g/mol. The first-order valence-electron chi connectivity index (χ1n) is 12.9. The van der Waals surface area contributed by atoms with Crippen molar-refractivity contribution >= 4 is 29.5 Å². The van der Waals surface area contributed by atoms with Gasteiger partial charge in [0.05, 0.1) is 30.7 Å². The molecule has 2 N–H and O–H groups in total. The highest BCUT2D eigenvalue weighted by atomic mass is 16.6. The van der Waals surface area contributed by atoms with Crippen LogP contribution in [0.5, 0.6) is 0 Å². The van der Waals surface area contributed by atoms with E-state index < -0.39 is 87.0 Å². The first-order valence-corrected chi connectivity index (χ1v) is 12.9. The summed E-state index contributed by atoms with van der Waals surface area (Å²) in [6.45, 7) is 14.9. The molecule has 0 aromatic carbocycles. The average Bonchev–Trinajstić information content (AvgIpc) is 2.80. The van der Waals surface area contributed by atoms with Gasteiger partial charge in [0.2, 0.25) is 0 Å². The summed E-state index contributed by atoms with van der Waals surface area (Å²) in [6, 6.07) is 0. The molecule has 1 aliphatic heterocycles. The number of hydrogen-bond acceptors (Lipinski definition) is 10. The topological polar surface area (TPSA) is 154 Å². The first kappa shape index (κ1) is 28.4. The SMILES string of the molecule is C=C1C[C@H]2[C@]3(C)[C@H](O)CC(=O)C(C)(C)[C@H]3[C@H](O)[C@H](OC(C)=O)[C@]2(C)[C@H]2C(=O)O[C@@](C)(C(=O)OC)C(=O)[C@]12C. The molecule has 0 aromatic rings. The van der Waals surface area contributed by atoms with Gasteiger partial charge in [0, 0.05) is 35.5 Å². The van der Waals surface area contributed by atoms with E-state index in [1.165, 1.54) is 20.8 Å². The van der Waals surface area contributed by atoms with Crippen molar-refractivity contribution in [2.45, 2.75) is 85.2 Å². The van der Waals surface area contributed by atoms with E-state index in [0.717, 1.165) is 7.11 Å². The van der Waals surface area contributed by atoms with Crippen LogP contribution in [-0.4, -0.2) is 70.7 Å². The lowest BCUT2D eigenvalue weighted by molar-refractivity contribution is -0.293. The number of rotatable bonds is 2. The van der Waals surface area contributed by atoms with Gasteiger partial charge in [-0.1, -0.05) is 39.8 Å². The summed E-state index contributed by atoms with van der Waals surface area (Å²) < 4.78 is 16.1. The maximum absolute atomic E-state index is 14.1. The van der Waals surface area contributed by atoms with Gasteiger partial charge in [0.15, 0.2) is 5.78 Å². The number of esters is 3. The molecular formula is C28H38O10. The van der Waals surface area contributed by atoms with Crippen molar-refractivity contribution in [3.8, 4) is 0 Å². The highest BCUT2D eigenvalue weighted by Crippen LogP contribution is 2.72. The standard InChI is InChI=1S/C28H38O10/c1-12-10-14-26(6)16(31)11-15(30)24(3,4)18(26)17(32)20(37-13(2)29)27(14,7)19-21(33)38-28(8,23(35)36-9)22(34)25(12,19)5/h14,16-20,31-32H,1,10-11H2,2-9H3/t14-,16+,17-,18+,19-,20-,25+,26+,27-,28+/m0/s1. The number of fused-ring (bicyclic) bond motifs is 5. The van der Waals surface area contributed by atoms with Crippen LogP contribution in [0.15, 0.2) is 12.2 Å². The molecule has 10 heteroatoms. The summed E-state index contributed by atoms with van der Waals surface area (Å²) in [6.07, 6.45) is -4.03. The first-order chi connectivity index (χ1) is 17.3. The molecule has 210 valence electrons. The van der Waals surface area contributed by atoms with Crippen LogP contribution in [0.2, 0.25) is 0 Å². The van der Waals surface area contributed by atoms with Crippen molar-refractivity contribution in [3.05, 3.63) is 12.2 Å². The third-order valence-electron chi connectivity index (χ3n) is 10.7. The maximum atomic E-state index is 14.1. The van der Waals surface area contributed by atoms with Crippen LogP contribution in [0.3, 0.4) is 0 Å². The number of methoxy groups -OCH3 is 1. The summed E-state index contributed by atoms with van der Waals surface area (Å²) in [5.74, 6) is -6.46. The highest BCUT2D eigenvalue weighted by molar-refractivity contribution is 6.15. The Bertz CT molecular complexity index is 1160. The van der Waals surface area contributed by atoms with Crippen LogP contribution in [0.25, 0.3) is 0 Å². The molecular weight excluding hydrogens is 496 g/mol. The van der Waals surface area contributed by atoms with Crippen LogP contribution in [-0.2, 0) is 38.2 Å². The molecule has 0 radical (unpaired) electrons. The van der Waals surface area contributed by atoms with E-state index in [1.807, 2.05) is 0 Å². The molecule has 0 spiro atoms. The molecule has 0 amide bonds. The van der Waals surface area contributed by atoms with Crippen LogP contribution in [0.1, 0.15) is 61.3 Å². The number of allylic oxidation sites excluding steroid dienone is 1. The molecule has 1 heterocycles. The Kier molecular flexibility index (Phi) is 6.14. The third kappa shape index (κ3) is 3.10. The van der Waals surface area contributed by atoms with Gasteiger partial charge in [-0.15, -0.1) is 0 Å². The molecule has 0 unspecified atom stereocenters. The molecule has 4 rings (SSSR count). The molecule has 38 heavy (non-hydrogen) atoms. The predicted molar refractivity (Wildman–Crippen MR) is 131 cm³/mol. The van der Waals surface area contributed by atoms with E-state index in [2.05, 4.69) is 6.58 Å². The lowest BCUT2D eigenvalue weighted by atomic mass is 9.33. The summed E-state index contributed by atoms with van der Waals surface area (Å²) in [5.41, 5.74) is -7.20. The lowest BCUT2D eigenvalue weighted by Gasteiger charge is -2.71. The fraction of sp³-hybridized carbons (Fsp3) is 0.750. The van der Waals surface area contributed by atoms with Gasteiger partial charge < -0.3 is 24.4 Å². The van der Waals surface area contributed by atoms with Gasteiger partial charge in [-0.3, -0.25) is 19.2 Å². The summed E-state index contributed by atoms with van der Waals surface area (Å²) >= 11 is 0. The fourth-order valence-corrected chi connectivity index (χ4v) is 8.85. The number of aliphatic hydroxyl groups is 2. The van der Waals surface area contributed by atoms with Gasteiger partial charge in [-0.05, 0) is 26.2 Å². The number of ether oxygens (including phenoxy) is 3. The Hall–Kier alpha value is -2.59. The normalized spacial score (nSPS) is 47.7. The van der Waals surface area contributed by atoms with E-state index in [-0.39, 0.29) is 18.6 Å². The molecule has 4 aliphatic rings. The molecule has 4 fully saturated rings. The third-order valence-corrected chi connectivity index (χ3v) is 10.7. The molecule has 0 aromatic heterocycles. The Balaban J connectivity index is 2.01. The van der Waals surface area contributed by atoms with Crippen molar-refractivity contribution in [1.82, 2.24) is 0 Å². The highest BCUT2D eigenvalue weighted by Gasteiger charge is 2.79. The van der Waals surface area contributed by atoms with Gasteiger partial charge in [0.25, 0.3) is 5.60 Å². The predicted octanol–water partition coefficient (Wildman–Crippen LogP) is 1.54. The Morgan fingerprint density at radius 3 is 2.11 bits per heavy atom. The second-order valence-corrected chi connectivity index (χ2v) is 12.9. The number of cyclic esters (lactones) is 1. The Morgan fingerprint density at radius 2 is 1.58 bits per heavy atom. The molecule has 10 nitrogen and oxygen atoms in total. The van der Waals surface area contributed by atoms with Crippen molar-refractivity contribution in [1.29, 1.82) is 0 Å². The van der Waals surface area contributed by atoms with Crippen LogP contribution >= 0.6 is 0 Å². The number of ketones is 2. The Morgan fingerprint density at radius 1 is 1.00 bits per heavy atom. The van der Waals surface area contributed by atoms with Gasteiger partial charge in [-0.2, -0.15) is 0 Å². The lowest BCUT2D eigenvalue weighted by Crippen LogP contribution is -2.78. The minimum Gasteiger partial charge on any atom is -0.466 e. The zero-order valence-electron chi connectivity index (χ0n) is 23.2. The van der Waals surface area contributed by atoms with Gasteiger partial charge in [-0.25, -0.2) is 4.79 Å². The van der Waals surface area contributed by atoms with Gasteiger partial charge in [0.1, 0.15) is 11.9 Å². The van der Waals surface area contributed by atoms with E-state index in [0.29, 0.717) is 5.57 Å². The van der Waals surface area contributed by atoms with E-state index in [1.54, 1.807) is 27.7 Å². The Labute approximate surface area is 222 Å². The van der Waals surface area contributed by atoms with E-state index in [9.17, 15) is 34.2 Å². The zero-order valence-corrected chi connectivity index (χ0v) is 23.2. The minimum atomic E-state index is -2.22. The minimum absolute atomic E-state index is 0.110. The van der Waals surface area contributed by atoms with Crippen LogP contribution < -0.4 is 0 Å². The largest absolute Gasteiger partial charge is 0.466 e. The summed E-state index contributed by atoms with van der Waals surface area (Å²) in [7, 11) is 1.08. The molecule has 10 atom stereocenters.